The zero-order chi connectivity index (χ0) is 24.8. The second kappa shape index (κ2) is 11.1. The molecule has 9 heteroatoms. The molecule has 0 atom stereocenters. The van der Waals surface area contributed by atoms with E-state index in [-0.39, 0.29) is 5.91 Å². The average molecular weight is 511 g/mol. The van der Waals surface area contributed by atoms with Gasteiger partial charge in [0, 0.05) is 27.6 Å². The van der Waals surface area contributed by atoms with Gasteiger partial charge in [0.1, 0.15) is 28.8 Å². The first-order valence-electron chi connectivity index (χ1n) is 10.6. The van der Waals surface area contributed by atoms with Crippen LogP contribution in [0.1, 0.15) is 16.1 Å². The predicted octanol–water partition coefficient (Wildman–Crippen LogP) is 6.32. The van der Waals surface area contributed by atoms with E-state index in [4.69, 9.17) is 30.5 Å². The van der Waals surface area contributed by atoms with E-state index in [1.165, 1.54) is 18.4 Å². The van der Waals surface area contributed by atoms with Crippen LogP contribution < -0.4 is 24.3 Å². The summed E-state index contributed by atoms with van der Waals surface area (Å²) in [4.78, 5) is 17.3. The maximum atomic E-state index is 12.8. The third kappa shape index (κ3) is 5.67. The van der Waals surface area contributed by atoms with Crippen LogP contribution in [0.4, 0.5) is 5.69 Å². The number of methoxy groups -OCH3 is 3. The average Bonchev–Trinajstić information content (AvgIpc) is 3.39. The van der Waals surface area contributed by atoms with Crippen molar-refractivity contribution < 1.29 is 23.7 Å². The van der Waals surface area contributed by atoms with Crippen molar-refractivity contribution in [3.8, 4) is 33.6 Å². The highest BCUT2D eigenvalue weighted by atomic mass is 35.5. The normalized spacial score (nSPS) is 10.5. The van der Waals surface area contributed by atoms with Crippen molar-refractivity contribution in [3.05, 3.63) is 82.3 Å². The van der Waals surface area contributed by atoms with Gasteiger partial charge in [-0.1, -0.05) is 29.8 Å². The number of carbonyl (C=O) groups is 1. The fourth-order valence-electron chi connectivity index (χ4n) is 3.29. The Morgan fingerprint density at radius 1 is 0.943 bits per heavy atom. The Labute approximate surface area is 212 Å². The highest BCUT2D eigenvalue weighted by molar-refractivity contribution is 7.13. The van der Waals surface area contributed by atoms with E-state index in [0.29, 0.717) is 51.0 Å². The Morgan fingerprint density at radius 3 is 2.49 bits per heavy atom. The van der Waals surface area contributed by atoms with E-state index in [2.05, 4.69) is 10.3 Å². The van der Waals surface area contributed by atoms with Crippen molar-refractivity contribution in [2.75, 3.05) is 26.6 Å². The molecule has 180 valence electrons. The highest BCUT2D eigenvalue weighted by Gasteiger charge is 2.16. The van der Waals surface area contributed by atoms with E-state index in [1.807, 2.05) is 42.5 Å². The van der Waals surface area contributed by atoms with Crippen LogP contribution in [0, 0.1) is 0 Å². The number of rotatable bonds is 9. The Morgan fingerprint density at radius 2 is 1.74 bits per heavy atom. The van der Waals surface area contributed by atoms with Crippen molar-refractivity contribution >= 4 is 34.5 Å². The Bertz CT molecular complexity index is 1340. The molecule has 4 rings (SSSR count). The van der Waals surface area contributed by atoms with Gasteiger partial charge in [0.2, 0.25) is 0 Å². The van der Waals surface area contributed by atoms with Gasteiger partial charge in [-0.3, -0.25) is 4.79 Å². The number of hydrogen-bond acceptors (Lipinski definition) is 7. The van der Waals surface area contributed by atoms with Crippen molar-refractivity contribution in [1.82, 2.24) is 4.98 Å². The van der Waals surface area contributed by atoms with Gasteiger partial charge in [-0.15, -0.1) is 11.3 Å². The number of aromatic nitrogens is 1. The lowest BCUT2D eigenvalue weighted by Gasteiger charge is -2.12. The van der Waals surface area contributed by atoms with E-state index < -0.39 is 0 Å². The molecule has 0 bridgehead atoms. The fraction of sp³-hybridized carbons (Fsp3) is 0.154. The number of benzene rings is 3. The van der Waals surface area contributed by atoms with Crippen molar-refractivity contribution in [1.29, 1.82) is 0 Å². The van der Waals surface area contributed by atoms with E-state index >= 15 is 0 Å². The number of anilines is 1. The minimum Gasteiger partial charge on any atom is -0.497 e. The van der Waals surface area contributed by atoms with Crippen LogP contribution in [-0.2, 0) is 6.61 Å². The molecule has 0 fully saturated rings. The van der Waals surface area contributed by atoms with E-state index in [0.717, 1.165) is 11.1 Å². The van der Waals surface area contributed by atoms with Gasteiger partial charge in [-0.25, -0.2) is 4.98 Å². The molecule has 0 saturated carbocycles. The van der Waals surface area contributed by atoms with Gasteiger partial charge in [-0.2, -0.15) is 0 Å². The third-order valence-electron chi connectivity index (χ3n) is 5.15. The summed E-state index contributed by atoms with van der Waals surface area (Å²) in [6.07, 6.45) is 0. The molecule has 0 aliphatic rings. The largest absolute Gasteiger partial charge is 0.497 e. The minimum atomic E-state index is -0.345. The Hall–Kier alpha value is -3.75. The van der Waals surface area contributed by atoms with Gasteiger partial charge in [-0.05, 0) is 36.4 Å². The molecule has 7 nitrogen and oxygen atoms in total. The summed E-state index contributed by atoms with van der Waals surface area (Å²) in [5.74, 6) is 1.91. The first-order chi connectivity index (χ1) is 17.0. The summed E-state index contributed by atoms with van der Waals surface area (Å²) in [5, 5.41) is 5.85. The monoisotopic (exact) mass is 510 g/mol. The Kier molecular flexibility index (Phi) is 7.74. The molecule has 4 aromatic rings. The third-order valence-corrected chi connectivity index (χ3v) is 6.41. The van der Waals surface area contributed by atoms with Gasteiger partial charge < -0.3 is 24.3 Å². The molecule has 1 amide bonds. The van der Waals surface area contributed by atoms with Gasteiger partial charge in [0.25, 0.3) is 5.91 Å². The quantitative estimate of drug-likeness (QED) is 0.284. The maximum absolute atomic E-state index is 12.8. The minimum absolute atomic E-state index is 0.292. The number of carbonyl (C=O) groups excluding carboxylic acids is 1. The van der Waals surface area contributed by atoms with Crippen molar-refractivity contribution in [2.24, 2.45) is 0 Å². The summed E-state index contributed by atoms with van der Waals surface area (Å²) in [5.41, 5.74) is 2.50. The van der Waals surface area contributed by atoms with Crippen molar-refractivity contribution in [2.45, 2.75) is 6.61 Å². The number of hydrogen-bond donors (Lipinski definition) is 1. The molecule has 1 aromatic heterocycles. The molecule has 35 heavy (non-hydrogen) atoms. The molecule has 0 spiro atoms. The molecule has 1 heterocycles. The lowest BCUT2D eigenvalue weighted by atomic mass is 10.2. The van der Waals surface area contributed by atoms with E-state index in [9.17, 15) is 4.79 Å². The zero-order valence-electron chi connectivity index (χ0n) is 19.3. The zero-order valence-corrected chi connectivity index (χ0v) is 20.9. The number of amides is 1. The summed E-state index contributed by atoms with van der Waals surface area (Å²) >= 11 is 7.57. The summed E-state index contributed by atoms with van der Waals surface area (Å²) in [6, 6.07) is 18.2. The molecule has 0 aliphatic heterocycles. The van der Waals surface area contributed by atoms with Gasteiger partial charge in [0.15, 0.2) is 11.5 Å². The number of halogens is 1. The SMILES string of the molecule is COc1ccc(NC(=O)c2csc(-c3ccc(OCc4ccccc4Cl)c(OC)c3)n2)c(OC)c1. The van der Waals surface area contributed by atoms with Crippen LogP contribution in [0.2, 0.25) is 5.02 Å². The number of thiazole rings is 1. The van der Waals surface area contributed by atoms with Crippen LogP contribution in [0.3, 0.4) is 0 Å². The molecule has 0 aliphatic carbocycles. The summed E-state index contributed by atoms with van der Waals surface area (Å²) < 4.78 is 22.0. The molecular formula is C26H23ClN2O5S. The van der Waals surface area contributed by atoms with Crippen molar-refractivity contribution in [3.63, 3.8) is 0 Å². The van der Waals surface area contributed by atoms with Gasteiger partial charge >= 0.3 is 0 Å². The van der Waals surface area contributed by atoms with Crippen LogP contribution >= 0.6 is 22.9 Å². The highest BCUT2D eigenvalue weighted by Crippen LogP contribution is 2.35. The number of nitrogens with one attached hydrogen (secondary N) is 1. The molecule has 0 radical (unpaired) electrons. The fourth-order valence-corrected chi connectivity index (χ4v) is 4.28. The lowest BCUT2D eigenvalue weighted by molar-refractivity contribution is 0.102. The lowest BCUT2D eigenvalue weighted by Crippen LogP contribution is -2.13. The maximum Gasteiger partial charge on any atom is 0.275 e. The number of nitrogens with zero attached hydrogens (tertiary/aromatic N) is 1. The van der Waals surface area contributed by atoms with Crippen LogP contribution in [0.5, 0.6) is 23.0 Å². The molecular weight excluding hydrogens is 488 g/mol. The summed E-state index contributed by atoms with van der Waals surface area (Å²) in [6.45, 7) is 0.311. The molecule has 0 saturated heterocycles. The van der Waals surface area contributed by atoms with Crippen LogP contribution in [-0.4, -0.2) is 32.2 Å². The molecule has 3 aromatic carbocycles. The topological polar surface area (TPSA) is 78.9 Å². The van der Waals surface area contributed by atoms with Crippen LogP contribution in [0.15, 0.2) is 66.0 Å². The predicted molar refractivity (Wildman–Crippen MR) is 137 cm³/mol. The smallest absolute Gasteiger partial charge is 0.275 e. The second-order valence-corrected chi connectivity index (χ2v) is 8.57. The molecule has 1 N–H and O–H groups in total. The first kappa shape index (κ1) is 24.4. The molecule has 0 unspecified atom stereocenters. The summed E-state index contributed by atoms with van der Waals surface area (Å²) in [7, 11) is 4.67. The van der Waals surface area contributed by atoms with Gasteiger partial charge in [0.05, 0.1) is 27.0 Å². The number of ether oxygens (including phenoxy) is 4. The first-order valence-corrected chi connectivity index (χ1v) is 11.8. The standard InChI is InChI=1S/C26H23ClN2O5S/c1-31-18-9-10-20(23(13-18)32-2)28-25(30)21-15-35-26(29-21)16-8-11-22(24(12-16)33-3)34-14-17-6-4-5-7-19(17)27/h4-13,15H,14H2,1-3H3,(H,28,30). The van der Waals surface area contributed by atoms with Crippen LogP contribution in [0.25, 0.3) is 10.6 Å². The Balaban J connectivity index is 1.49. The van der Waals surface area contributed by atoms with E-state index in [1.54, 1.807) is 37.8 Å². The second-order valence-electron chi connectivity index (χ2n) is 7.30.